The molecule has 4 saturated heterocycles. The number of likely N-dealkylation sites (tertiary alicyclic amines) is 1. The zero-order chi connectivity index (χ0) is 52.5. The Morgan fingerprint density at radius 3 is 1.62 bits per heavy atom. The van der Waals surface area contributed by atoms with Gasteiger partial charge in [0, 0.05) is 113 Å². The van der Waals surface area contributed by atoms with Crippen molar-refractivity contribution < 1.29 is 4.74 Å². The summed E-state index contributed by atoms with van der Waals surface area (Å²) in [7, 11) is 0. The molecule has 0 bridgehead atoms. The van der Waals surface area contributed by atoms with Crippen molar-refractivity contribution in [2.75, 3.05) is 72.1 Å². The number of pyridine rings is 2. The topological polar surface area (TPSA) is 180 Å². The predicted molar refractivity (Wildman–Crippen MR) is 293 cm³/mol. The molecule has 71 heavy (non-hydrogen) atoms. The molecule has 9 heterocycles. The van der Waals surface area contributed by atoms with E-state index in [1.807, 2.05) is 46.2 Å². The van der Waals surface area contributed by atoms with Gasteiger partial charge in [0.1, 0.15) is 0 Å². The molecule has 15 nitrogen and oxygen atoms in total. The second-order valence-corrected chi connectivity index (χ2v) is 21.8. The first-order valence-corrected chi connectivity index (χ1v) is 26.6. The van der Waals surface area contributed by atoms with Crippen LogP contribution in [0, 0.1) is 17.3 Å². The quantitative estimate of drug-likeness (QED) is 0.122. The summed E-state index contributed by atoms with van der Waals surface area (Å²) < 4.78 is 5.18. The van der Waals surface area contributed by atoms with Gasteiger partial charge in [-0.25, -0.2) is 5.10 Å². The number of hydrogen-bond donors (Lipinski definition) is 5. The lowest BCUT2D eigenvalue weighted by Gasteiger charge is -2.56. The van der Waals surface area contributed by atoms with E-state index < -0.39 is 0 Å². The van der Waals surface area contributed by atoms with Gasteiger partial charge in [-0.15, -0.1) is 0 Å². The van der Waals surface area contributed by atoms with Gasteiger partial charge in [-0.2, -0.15) is 5.10 Å². The highest BCUT2D eigenvalue weighted by atomic mass is 16.5. The molecule has 5 aliphatic rings. The average Bonchev–Trinajstić information content (AvgIpc) is 3.32. The van der Waals surface area contributed by atoms with Crippen LogP contribution in [0.5, 0.6) is 0 Å². The first-order valence-electron chi connectivity index (χ1n) is 26.6. The van der Waals surface area contributed by atoms with Gasteiger partial charge in [-0.1, -0.05) is 61.5 Å². The van der Waals surface area contributed by atoms with Crippen LogP contribution in [0.15, 0.2) is 75.7 Å². The minimum atomic E-state index is -0.149. The number of rotatable bonds is 7. The maximum atomic E-state index is 10.6. The molecule has 4 fully saturated rings. The maximum Gasteiger partial charge on any atom is 0.266 e. The van der Waals surface area contributed by atoms with Crippen LogP contribution in [0.1, 0.15) is 156 Å². The van der Waals surface area contributed by atoms with E-state index in [1.54, 1.807) is 24.5 Å². The van der Waals surface area contributed by atoms with E-state index in [1.165, 1.54) is 94.0 Å². The Bertz CT molecular complexity index is 1990. The third-order valence-electron chi connectivity index (χ3n) is 13.7. The van der Waals surface area contributed by atoms with Crippen molar-refractivity contribution in [1.29, 1.82) is 0 Å². The molecule has 0 saturated carbocycles. The molecule has 9 rings (SSSR count). The van der Waals surface area contributed by atoms with Crippen LogP contribution in [0.25, 0.3) is 0 Å². The van der Waals surface area contributed by atoms with Crippen LogP contribution in [0.4, 0.5) is 0 Å². The highest BCUT2D eigenvalue weighted by Gasteiger charge is 2.49. The summed E-state index contributed by atoms with van der Waals surface area (Å²) in [5, 5.41) is 12.9. The van der Waals surface area contributed by atoms with Crippen molar-refractivity contribution >= 4 is 0 Å². The zero-order valence-corrected chi connectivity index (χ0v) is 46.3. The maximum absolute atomic E-state index is 10.6. The molecule has 5 N–H and O–H groups in total. The van der Waals surface area contributed by atoms with Gasteiger partial charge in [-0.3, -0.25) is 39.1 Å². The second kappa shape index (κ2) is 31.9. The van der Waals surface area contributed by atoms with Gasteiger partial charge in [0.25, 0.3) is 11.1 Å². The summed E-state index contributed by atoms with van der Waals surface area (Å²) in [6, 6.07) is 10.9. The number of aromatic amines is 3. The smallest absolute Gasteiger partial charge is 0.266 e. The summed E-state index contributed by atoms with van der Waals surface area (Å²) in [5.74, 6) is 3.11. The van der Waals surface area contributed by atoms with Crippen LogP contribution in [0.2, 0.25) is 0 Å². The fraction of sp³-hybridized carbons (Fsp3) is 0.679. The number of ether oxygens (including phenoxy) is 1. The lowest BCUT2D eigenvalue weighted by molar-refractivity contribution is -0.195. The number of nitrogens with zero attached hydrogens (tertiary/aromatic N) is 6. The van der Waals surface area contributed by atoms with Gasteiger partial charge in [-0.05, 0) is 132 Å². The molecule has 0 amide bonds. The number of H-pyrrole nitrogens is 3. The van der Waals surface area contributed by atoms with E-state index in [2.05, 4.69) is 131 Å². The Kier molecular flexibility index (Phi) is 27.4. The minimum Gasteiger partial charge on any atom is -0.380 e. The summed E-state index contributed by atoms with van der Waals surface area (Å²) in [4.78, 5) is 52.4. The molecule has 0 radical (unpaired) electrons. The molecule has 0 atom stereocenters. The monoisotopic (exact) mass is 986 g/mol. The summed E-state index contributed by atoms with van der Waals surface area (Å²) >= 11 is 0. The number of fused-ring (bicyclic) bond motifs is 1. The normalized spacial score (nSPS) is 17.6. The van der Waals surface area contributed by atoms with E-state index >= 15 is 0 Å². The second-order valence-electron chi connectivity index (χ2n) is 21.8. The third-order valence-corrected chi connectivity index (χ3v) is 13.7. The Morgan fingerprint density at radius 2 is 1.18 bits per heavy atom. The Labute approximate surface area is 427 Å². The van der Waals surface area contributed by atoms with Gasteiger partial charge in [0.2, 0.25) is 5.56 Å². The van der Waals surface area contributed by atoms with Crippen LogP contribution in [-0.4, -0.2) is 135 Å². The van der Waals surface area contributed by atoms with Crippen molar-refractivity contribution in [1.82, 2.24) is 55.5 Å². The number of nitrogens with one attached hydrogen (secondary N) is 5. The lowest BCUT2D eigenvalue weighted by Crippen LogP contribution is -2.67. The van der Waals surface area contributed by atoms with Crippen LogP contribution < -0.4 is 27.3 Å². The van der Waals surface area contributed by atoms with E-state index in [4.69, 9.17) is 4.74 Å². The first kappa shape index (κ1) is 60.9. The third kappa shape index (κ3) is 22.9. The lowest BCUT2D eigenvalue weighted by atomic mass is 9.77. The van der Waals surface area contributed by atoms with Crippen LogP contribution in [-0.2, 0) is 17.7 Å². The number of piperidine rings is 1. The summed E-state index contributed by atoms with van der Waals surface area (Å²) in [6.45, 7) is 44.5. The Balaban J connectivity index is 0.000000220. The Hall–Kier alpha value is -4.38. The van der Waals surface area contributed by atoms with E-state index in [0.717, 1.165) is 68.2 Å². The van der Waals surface area contributed by atoms with Crippen molar-refractivity contribution in [3.8, 4) is 0 Å². The molecular formula is C56H95N11O4. The molecule has 0 aromatic carbocycles. The van der Waals surface area contributed by atoms with Crippen molar-refractivity contribution in [2.24, 2.45) is 17.3 Å². The molecule has 4 aromatic heterocycles. The largest absolute Gasteiger partial charge is 0.380 e. The number of aromatic nitrogens is 6. The highest BCUT2D eigenvalue weighted by Crippen LogP contribution is 2.38. The molecule has 0 unspecified atom stereocenters. The predicted octanol–water partition coefficient (Wildman–Crippen LogP) is 7.80. The molecule has 0 aliphatic carbocycles. The van der Waals surface area contributed by atoms with E-state index in [-0.39, 0.29) is 16.7 Å². The first-order chi connectivity index (χ1) is 33.7. The van der Waals surface area contributed by atoms with Gasteiger partial charge < -0.3 is 25.3 Å². The average molecular weight is 986 g/mol. The van der Waals surface area contributed by atoms with Crippen LogP contribution >= 0.6 is 0 Å². The van der Waals surface area contributed by atoms with Crippen molar-refractivity contribution in [3.05, 3.63) is 120 Å². The van der Waals surface area contributed by atoms with Crippen LogP contribution in [0.3, 0.4) is 0 Å². The molecule has 1 spiro atoms. The number of piperazine rings is 1. The van der Waals surface area contributed by atoms with Gasteiger partial charge in [0.05, 0.1) is 30.8 Å². The molecular weight excluding hydrogens is 891 g/mol. The Morgan fingerprint density at radius 1 is 0.592 bits per heavy atom. The molecule has 15 heteroatoms. The van der Waals surface area contributed by atoms with E-state index in [0.29, 0.717) is 29.2 Å². The molecule has 5 aliphatic heterocycles. The minimum absolute atomic E-state index is 0.0376. The van der Waals surface area contributed by atoms with Gasteiger partial charge in [0.15, 0.2) is 0 Å². The number of hydrogen-bond acceptors (Lipinski definition) is 12. The SMILES string of the molecule is CC(C)C1CCNCC1.CC(C)N1CC2(COC2)C1.CC(C)N1CCNCC1.CC(C)N1CCc2ccncc2C1.CC(C)c1c[nH]c(=O)cn1.CC(C)c1ccc(=O)[nH]c1.CC(C)c1ccc(=O)[nH]n1. The van der Waals surface area contributed by atoms with E-state index in [9.17, 15) is 14.4 Å². The standard InChI is InChI=1S/C11H16N2.C8H15NO.C8H11NO.C8H17N.2C7H10N2O.C7H16N2/c1-9(2)13-6-4-10-3-5-12-7-11(10)8-13;1-7(2)9-3-8(4-9)5-10-6-8;1-6(2)7-3-4-8(10)9-5-7;1-7(2)8-3-5-9-6-4-8;1-5(2)6-3-9-7(10)4-8-6;1-5(2)6-3-4-7(10)9-8-6;1-7(2)9-5-3-8-4-6-9/h3,5,7,9H,4,6,8H2,1-2H3;7H,3-6H2,1-2H3;3-6H,1-2H3,(H,9,10);7-9H,3-6H2,1-2H3;2*3-5H,1-2H3,(H,9,10);7-8H,3-6H2,1-2H3. The summed E-state index contributed by atoms with van der Waals surface area (Å²) in [6.07, 6.45) is 12.6. The fourth-order valence-corrected chi connectivity index (χ4v) is 8.44. The van der Waals surface area contributed by atoms with Crippen molar-refractivity contribution in [2.45, 2.75) is 159 Å². The fourth-order valence-electron chi connectivity index (χ4n) is 8.44. The highest BCUT2D eigenvalue weighted by molar-refractivity contribution is 5.25. The van der Waals surface area contributed by atoms with Gasteiger partial charge >= 0.3 is 0 Å². The summed E-state index contributed by atoms with van der Waals surface area (Å²) in [5.41, 5.74) is 6.15. The molecule has 4 aromatic rings. The molecule has 398 valence electrons. The van der Waals surface area contributed by atoms with Crippen molar-refractivity contribution in [3.63, 3.8) is 0 Å². The zero-order valence-electron chi connectivity index (χ0n) is 46.3.